The van der Waals surface area contributed by atoms with Gasteiger partial charge in [-0.2, -0.15) is 0 Å². The summed E-state index contributed by atoms with van der Waals surface area (Å²) in [7, 11) is 0. The summed E-state index contributed by atoms with van der Waals surface area (Å²) < 4.78 is 41.2. The number of hydrogen-bond acceptors (Lipinski definition) is 3. The Morgan fingerprint density at radius 3 is 2.55 bits per heavy atom. The molecule has 20 heavy (non-hydrogen) atoms. The smallest absolute Gasteiger partial charge is 0.405 e. The molecule has 8 heteroatoms. The SMILES string of the molecule is CC1(O)CN(C(=O)c2ccc(Br)cc2OC(F)(F)F)C1. The molecule has 1 saturated heterocycles. The molecule has 1 N–H and O–H groups in total. The lowest BCUT2D eigenvalue weighted by Gasteiger charge is -2.44. The van der Waals surface area contributed by atoms with Crippen LogP contribution in [0, 0.1) is 0 Å². The molecule has 0 bridgehead atoms. The fourth-order valence-corrected chi connectivity index (χ4v) is 2.31. The number of aliphatic hydroxyl groups is 1. The lowest BCUT2D eigenvalue weighted by molar-refractivity contribution is -0.274. The van der Waals surface area contributed by atoms with Crippen LogP contribution in [0.1, 0.15) is 17.3 Å². The Balaban J connectivity index is 2.25. The molecule has 4 nitrogen and oxygen atoms in total. The first-order valence-electron chi connectivity index (χ1n) is 5.64. The van der Waals surface area contributed by atoms with Gasteiger partial charge in [-0.3, -0.25) is 4.79 Å². The van der Waals surface area contributed by atoms with Crippen molar-refractivity contribution in [1.29, 1.82) is 0 Å². The second-order valence-corrected chi connectivity index (χ2v) is 5.76. The topological polar surface area (TPSA) is 49.8 Å². The zero-order chi connectivity index (χ0) is 15.1. The Bertz CT molecular complexity index is 537. The Morgan fingerprint density at radius 1 is 1.45 bits per heavy atom. The van der Waals surface area contributed by atoms with Gasteiger partial charge in [0.25, 0.3) is 5.91 Å². The maximum absolute atomic E-state index is 12.3. The van der Waals surface area contributed by atoms with E-state index in [1.54, 1.807) is 6.92 Å². The van der Waals surface area contributed by atoms with Gasteiger partial charge in [-0.05, 0) is 25.1 Å². The molecule has 1 aliphatic rings. The van der Waals surface area contributed by atoms with Crippen LogP contribution >= 0.6 is 15.9 Å². The van der Waals surface area contributed by atoms with Crippen LogP contribution in [0.15, 0.2) is 22.7 Å². The monoisotopic (exact) mass is 353 g/mol. The number of benzene rings is 1. The largest absolute Gasteiger partial charge is 0.573 e. The third kappa shape index (κ3) is 3.43. The molecule has 1 aromatic carbocycles. The normalized spacial score (nSPS) is 17.6. The quantitative estimate of drug-likeness (QED) is 0.888. The van der Waals surface area contributed by atoms with Crippen LogP contribution in [0.2, 0.25) is 0 Å². The number of carbonyl (C=O) groups excluding carboxylic acids is 1. The van der Waals surface area contributed by atoms with Crippen LogP contribution in [-0.2, 0) is 0 Å². The van der Waals surface area contributed by atoms with Crippen molar-refractivity contribution in [3.8, 4) is 5.75 Å². The zero-order valence-electron chi connectivity index (χ0n) is 10.4. The van der Waals surface area contributed by atoms with Gasteiger partial charge in [-0.15, -0.1) is 13.2 Å². The molecule has 0 radical (unpaired) electrons. The average molecular weight is 354 g/mol. The number of hydrogen-bond donors (Lipinski definition) is 1. The highest BCUT2D eigenvalue weighted by Crippen LogP contribution is 2.32. The number of alkyl halides is 3. The van der Waals surface area contributed by atoms with Crippen molar-refractivity contribution in [1.82, 2.24) is 4.90 Å². The molecule has 0 aromatic heterocycles. The van der Waals surface area contributed by atoms with Crippen molar-refractivity contribution in [2.75, 3.05) is 13.1 Å². The minimum atomic E-state index is -4.88. The predicted molar refractivity (Wildman–Crippen MR) is 67.4 cm³/mol. The summed E-state index contributed by atoms with van der Waals surface area (Å²) in [5, 5.41) is 9.57. The molecule has 1 aromatic rings. The van der Waals surface area contributed by atoms with Gasteiger partial charge in [-0.1, -0.05) is 15.9 Å². The highest BCUT2D eigenvalue weighted by molar-refractivity contribution is 9.10. The first-order valence-corrected chi connectivity index (χ1v) is 6.44. The molecular formula is C12H11BrF3NO3. The molecule has 1 amide bonds. The number of amides is 1. The van der Waals surface area contributed by atoms with E-state index in [0.29, 0.717) is 4.47 Å². The molecule has 2 rings (SSSR count). The number of ether oxygens (including phenoxy) is 1. The summed E-state index contributed by atoms with van der Waals surface area (Å²) in [5.74, 6) is -1.17. The Morgan fingerprint density at radius 2 is 2.05 bits per heavy atom. The van der Waals surface area contributed by atoms with Gasteiger partial charge in [0.05, 0.1) is 24.3 Å². The average Bonchev–Trinajstić information content (AvgIpc) is 2.22. The van der Waals surface area contributed by atoms with E-state index in [9.17, 15) is 23.1 Å². The number of halogens is 4. The standard InChI is InChI=1S/C12H11BrF3NO3/c1-11(19)5-17(6-11)10(18)8-3-2-7(13)4-9(8)20-12(14,15)16/h2-4,19H,5-6H2,1H3. The first-order chi connectivity index (χ1) is 9.07. The van der Waals surface area contributed by atoms with Crippen LogP contribution in [0.25, 0.3) is 0 Å². The molecule has 0 unspecified atom stereocenters. The number of likely N-dealkylation sites (tertiary alicyclic amines) is 1. The van der Waals surface area contributed by atoms with Gasteiger partial charge < -0.3 is 14.7 Å². The van der Waals surface area contributed by atoms with Crippen molar-refractivity contribution in [3.63, 3.8) is 0 Å². The molecule has 0 spiro atoms. The van der Waals surface area contributed by atoms with E-state index in [1.165, 1.54) is 17.0 Å². The third-order valence-electron chi connectivity index (χ3n) is 2.75. The molecule has 0 saturated carbocycles. The van der Waals surface area contributed by atoms with E-state index >= 15 is 0 Å². The Kier molecular flexibility index (Phi) is 3.72. The Labute approximate surface area is 121 Å². The summed E-state index contributed by atoms with van der Waals surface area (Å²) in [6.07, 6.45) is -4.88. The van der Waals surface area contributed by atoms with Crippen molar-refractivity contribution >= 4 is 21.8 Å². The minimum absolute atomic E-state index is 0.0767. The number of carbonyl (C=O) groups is 1. The molecule has 0 atom stereocenters. The second-order valence-electron chi connectivity index (χ2n) is 4.85. The zero-order valence-corrected chi connectivity index (χ0v) is 12.0. The predicted octanol–water partition coefficient (Wildman–Crippen LogP) is 2.55. The maximum Gasteiger partial charge on any atom is 0.573 e. The number of β-amino-alcohol motifs (C(OH)–C–C–N with tert-alkyl or cyclic N) is 1. The lowest BCUT2D eigenvalue weighted by Crippen LogP contribution is -2.61. The van der Waals surface area contributed by atoms with Crippen molar-refractivity contribution in [2.45, 2.75) is 18.9 Å². The summed E-state index contributed by atoms with van der Waals surface area (Å²) >= 11 is 3.03. The van der Waals surface area contributed by atoms with Crippen LogP contribution in [-0.4, -0.2) is 41.0 Å². The van der Waals surface area contributed by atoms with E-state index in [1.807, 2.05) is 0 Å². The van der Waals surface area contributed by atoms with Gasteiger partial charge in [0, 0.05) is 4.47 Å². The molecule has 1 aliphatic heterocycles. The van der Waals surface area contributed by atoms with E-state index in [2.05, 4.69) is 20.7 Å². The minimum Gasteiger partial charge on any atom is -0.405 e. The van der Waals surface area contributed by atoms with E-state index in [4.69, 9.17) is 0 Å². The second kappa shape index (κ2) is 4.92. The van der Waals surface area contributed by atoms with Gasteiger partial charge in [0.1, 0.15) is 5.75 Å². The van der Waals surface area contributed by atoms with E-state index < -0.39 is 23.6 Å². The van der Waals surface area contributed by atoms with Crippen LogP contribution in [0.3, 0.4) is 0 Å². The first kappa shape index (κ1) is 15.1. The Hall–Kier alpha value is -1.28. The highest BCUT2D eigenvalue weighted by Gasteiger charge is 2.41. The fourth-order valence-electron chi connectivity index (χ4n) is 1.97. The molecule has 1 heterocycles. The van der Waals surface area contributed by atoms with Gasteiger partial charge in [0.2, 0.25) is 0 Å². The summed E-state index contributed by atoms with van der Waals surface area (Å²) in [4.78, 5) is 13.3. The van der Waals surface area contributed by atoms with Gasteiger partial charge >= 0.3 is 6.36 Å². The van der Waals surface area contributed by atoms with Crippen molar-refractivity contribution in [2.24, 2.45) is 0 Å². The van der Waals surface area contributed by atoms with E-state index in [-0.39, 0.29) is 18.7 Å². The molecule has 0 aliphatic carbocycles. The maximum atomic E-state index is 12.3. The van der Waals surface area contributed by atoms with Crippen molar-refractivity contribution in [3.05, 3.63) is 28.2 Å². The summed E-state index contributed by atoms with van der Waals surface area (Å²) in [6.45, 7) is 1.70. The van der Waals surface area contributed by atoms with Crippen molar-refractivity contribution < 1.29 is 27.8 Å². The van der Waals surface area contributed by atoms with Gasteiger partial charge in [-0.25, -0.2) is 0 Å². The van der Waals surface area contributed by atoms with E-state index in [0.717, 1.165) is 6.07 Å². The van der Waals surface area contributed by atoms with Crippen LogP contribution in [0.4, 0.5) is 13.2 Å². The molecular weight excluding hydrogens is 343 g/mol. The van der Waals surface area contributed by atoms with Crippen LogP contribution in [0.5, 0.6) is 5.75 Å². The summed E-state index contributed by atoms with van der Waals surface area (Å²) in [5.41, 5.74) is -1.18. The number of rotatable bonds is 2. The van der Waals surface area contributed by atoms with Crippen LogP contribution < -0.4 is 4.74 Å². The highest BCUT2D eigenvalue weighted by atomic mass is 79.9. The summed E-state index contributed by atoms with van der Waals surface area (Å²) in [6, 6.07) is 3.79. The third-order valence-corrected chi connectivity index (χ3v) is 3.24. The van der Waals surface area contributed by atoms with Gasteiger partial charge in [0.15, 0.2) is 0 Å². The molecule has 1 fully saturated rings. The fraction of sp³-hybridized carbons (Fsp3) is 0.417. The number of nitrogens with zero attached hydrogens (tertiary/aromatic N) is 1. The lowest BCUT2D eigenvalue weighted by atomic mass is 9.96. The molecule has 110 valence electrons.